The van der Waals surface area contributed by atoms with Crippen LogP contribution in [0.1, 0.15) is 20.7 Å². The number of hydrogen-bond acceptors (Lipinski definition) is 4. The zero-order chi connectivity index (χ0) is 21.7. The Morgan fingerprint density at radius 1 is 0.867 bits per heavy atom. The number of rotatable bonds is 5. The molecule has 1 amide bonds. The molecule has 1 N–H and O–H groups in total. The molecule has 0 atom stereocenters. The van der Waals surface area contributed by atoms with Crippen molar-refractivity contribution in [3.05, 3.63) is 83.9 Å². The maximum absolute atomic E-state index is 12.5. The number of carbonyl (C=O) groups is 2. The van der Waals surface area contributed by atoms with E-state index in [4.69, 9.17) is 0 Å². The van der Waals surface area contributed by atoms with E-state index >= 15 is 0 Å². The van der Waals surface area contributed by atoms with Gasteiger partial charge in [-0.25, -0.2) is 4.79 Å². The first-order valence-corrected chi connectivity index (χ1v) is 8.72. The number of ether oxygens (including phenoxy) is 2. The number of nitrogens with one attached hydrogen (secondary N) is 1. The average Bonchev–Trinajstić information content (AvgIpc) is 2.73. The molecule has 0 aliphatic heterocycles. The largest absolute Gasteiger partial charge is 0.573 e. The first-order chi connectivity index (χ1) is 14.3. The summed E-state index contributed by atoms with van der Waals surface area (Å²) in [6, 6.07) is 19.7. The Morgan fingerprint density at radius 3 is 2.10 bits per heavy atom. The van der Waals surface area contributed by atoms with Gasteiger partial charge < -0.3 is 14.8 Å². The molecule has 0 bridgehead atoms. The Bertz CT molecular complexity index is 1050. The number of alkyl halides is 3. The summed E-state index contributed by atoms with van der Waals surface area (Å²) < 4.78 is 45.9. The highest BCUT2D eigenvalue weighted by atomic mass is 19.4. The molecule has 8 heteroatoms. The summed E-state index contributed by atoms with van der Waals surface area (Å²) in [4.78, 5) is 24.3. The molecule has 0 unspecified atom stereocenters. The minimum Gasteiger partial charge on any atom is -0.465 e. The van der Waals surface area contributed by atoms with E-state index < -0.39 is 29.6 Å². The molecule has 154 valence electrons. The molecule has 30 heavy (non-hydrogen) atoms. The van der Waals surface area contributed by atoms with Crippen molar-refractivity contribution in [3.8, 4) is 16.9 Å². The van der Waals surface area contributed by atoms with Gasteiger partial charge in [0.05, 0.1) is 7.11 Å². The van der Waals surface area contributed by atoms with Crippen LogP contribution >= 0.6 is 0 Å². The summed E-state index contributed by atoms with van der Waals surface area (Å²) in [5, 5.41) is 2.63. The molecule has 0 aliphatic carbocycles. The molecule has 0 spiro atoms. The van der Waals surface area contributed by atoms with E-state index in [1.807, 2.05) is 42.5 Å². The second-order valence-corrected chi connectivity index (χ2v) is 6.15. The fourth-order valence-electron chi connectivity index (χ4n) is 2.73. The van der Waals surface area contributed by atoms with Gasteiger partial charge in [0.15, 0.2) is 0 Å². The highest BCUT2D eigenvalue weighted by molar-refractivity contribution is 6.06. The smallest absolute Gasteiger partial charge is 0.465 e. The van der Waals surface area contributed by atoms with Gasteiger partial charge in [0.25, 0.3) is 5.91 Å². The van der Waals surface area contributed by atoms with Crippen LogP contribution < -0.4 is 10.1 Å². The van der Waals surface area contributed by atoms with Crippen LogP contribution in [0.2, 0.25) is 0 Å². The summed E-state index contributed by atoms with van der Waals surface area (Å²) in [5.74, 6) is -2.42. The lowest BCUT2D eigenvalue weighted by atomic mass is 10.1. The minimum absolute atomic E-state index is 0.0305. The number of esters is 1. The molecule has 0 radical (unpaired) electrons. The van der Waals surface area contributed by atoms with Crippen LogP contribution in [0.15, 0.2) is 72.8 Å². The molecule has 3 aromatic carbocycles. The third-order valence-corrected chi connectivity index (χ3v) is 4.12. The van der Waals surface area contributed by atoms with Crippen LogP contribution in [0.4, 0.5) is 18.9 Å². The average molecular weight is 415 g/mol. The fourth-order valence-corrected chi connectivity index (χ4v) is 2.73. The van der Waals surface area contributed by atoms with E-state index in [0.29, 0.717) is 5.69 Å². The van der Waals surface area contributed by atoms with E-state index in [0.717, 1.165) is 36.4 Å². The monoisotopic (exact) mass is 415 g/mol. The van der Waals surface area contributed by atoms with Gasteiger partial charge in [-0.05, 0) is 41.5 Å². The summed E-state index contributed by atoms with van der Waals surface area (Å²) in [6.45, 7) is 0. The van der Waals surface area contributed by atoms with E-state index in [2.05, 4.69) is 14.8 Å². The standard InChI is InChI=1S/C22H16F3NO4/c1-29-21(28)18-13-16(9-12-19(18)30-22(23,24)25)20(27)26-17-10-7-15(8-11-17)14-5-3-2-4-6-14/h2-13H,1H3,(H,26,27). The maximum atomic E-state index is 12.5. The fraction of sp³-hybridized carbons (Fsp3) is 0.0909. The molecule has 0 aromatic heterocycles. The van der Waals surface area contributed by atoms with Gasteiger partial charge in [0, 0.05) is 11.3 Å². The molecule has 3 rings (SSSR count). The van der Waals surface area contributed by atoms with Gasteiger partial charge in [-0.1, -0.05) is 42.5 Å². The first-order valence-electron chi connectivity index (χ1n) is 8.72. The molecular weight excluding hydrogens is 399 g/mol. The summed E-state index contributed by atoms with van der Waals surface area (Å²) in [6.07, 6.45) is -4.99. The Labute approximate surface area is 170 Å². The first kappa shape index (κ1) is 20.9. The van der Waals surface area contributed by atoms with E-state index in [1.54, 1.807) is 12.1 Å². The van der Waals surface area contributed by atoms with Gasteiger partial charge in [-0.3, -0.25) is 4.79 Å². The number of hydrogen-bond donors (Lipinski definition) is 1. The molecule has 0 saturated carbocycles. The van der Waals surface area contributed by atoms with Crippen LogP contribution in [-0.4, -0.2) is 25.3 Å². The molecule has 0 saturated heterocycles. The molecular formula is C22H16F3NO4. The highest BCUT2D eigenvalue weighted by Gasteiger charge is 2.33. The van der Waals surface area contributed by atoms with Crippen molar-refractivity contribution >= 4 is 17.6 Å². The number of carbonyl (C=O) groups excluding carboxylic acids is 2. The third-order valence-electron chi connectivity index (χ3n) is 4.12. The number of halogens is 3. The van der Waals surface area contributed by atoms with Gasteiger partial charge in [0.1, 0.15) is 11.3 Å². The zero-order valence-electron chi connectivity index (χ0n) is 15.7. The summed E-state index contributed by atoms with van der Waals surface area (Å²) >= 11 is 0. The Hall–Kier alpha value is -3.81. The van der Waals surface area contributed by atoms with E-state index in [-0.39, 0.29) is 5.56 Å². The van der Waals surface area contributed by atoms with Crippen LogP contribution in [-0.2, 0) is 4.74 Å². The van der Waals surface area contributed by atoms with E-state index in [1.165, 1.54) is 0 Å². The van der Waals surface area contributed by atoms with Crippen molar-refractivity contribution in [1.82, 2.24) is 0 Å². The number of amides is 1. The SMILES string of the molecule is COC(=O)c1cc(C(=O)Nc2ccc(-c3ccccc3)cc2)ccc1OC(F)(F)F. The van der Waals surface area contributed by atoms with Crippen molar-refractivity contribution in [1.29, 1.82) is 0 Å². The van der Waals surface area contributed by atoms with Crippen molar-refractivity contribution in [2.45, 2.75) is 6.36 Å². The van der Waals surface area contributed by atoms with Crippen LogP contribution in [0, 0.1) is 0 Å². The van der Waals surface area contributed by atoms with Gasteiger partial charge in [-0.2, -0.15) is 0 Å². The maximum Gasteiger partial charge on any atom is 0.573 e. The number of methoxy groups -OCH3 is 1. The molecule has 0 heterocycles. The van der Waals surface area contributed by atoms with Crippen LogP contribution in [0.25, 0.3) is 11.1 Å². The summed E-state index contributed by atoms with van der Waals surface area (Å²) in [7, 11) is 1.01. The van der Waals surface area contributed by atoms with Crippen LogP contribution in [0.5, 0.6) is 5.75 Å². The lowest BCUT2D eigenvalue weighted by Crippen LogP contribution is -2.20. The predicted octanol–water partition coefficient (Wildman–Crippen LogP) is 5.29. The normalized spacial score (nSPS) is 10.9. The van der Waals surface area contributed by atoms with Gasteiger partial charge in [0.2, 0.25) is 0 Å². The second-order valence-electron chi connectivity index (χ2n) is 6.15. The van der Waals surface area contributed by atoms with Crippen LogP contribution in [0.3, 0.4) is 0 Å². The molecule has 5 nitrogen and oxygen atoms in total. The Kier molecular flexibility index (Phi) is 6.06. The lowest BCUT2D eigenvalue weighted by Gasteiger charge is -2.13. The highest BCUT2D eigenvalue weighted by Crippen LogP contribution is 2.28. The topological polar surface area (TPSA) is 64.6 Å². The Morgan fingerprint density at radius 2 is 1.50 bits per heavy atom. The van der Waals surface area contributed by atoms with Gasteiger partial charge in [-0.15, -0.1) is 13.2 Å². The number of anilines is 1. The minimum atomic E-state index is -4.99. The number of benzene rings is 3. The van der Waals surface area contributed by atoms with Crippen molar-refractivity contribution in [2.24, 2.45) is 0 Å². The molecule has 0 fully saturated rings. The third kappa shape index (κ3) is 5.16. The predicted molar refractivity (Wildman–Crippen MR) is 104 cm³/mol. The van der Waals surface area contributed by atoms with Crippen molar-refractivity contribution < 1.29 is 32.2 Å². The van der Waals surface area contributed by atoms with Crippen molar-refractivity contribution in [3.63, 3.8) is 0 Å². The molecule has 3 aromatic rings. The van der Waals surface area contributed by atoms with E-state index in [9.17, 15) is 22.8 Å². The lowest BCUT2D eigenvalue weighted by molar-refractivity contribution is -0.274. The van der Waals surface area contributed by atoms with Gasteiger partial charge >= 0.3 is 12.3 Å². The second kappa shape index (κ2) is 8.69. The summed E-state index contributed by atoms with van der Waals surface area (Å²) in [5.41, 5.74) is 1.91. The Balaban J connectivity index is 1.80. The zero-order valence-corrected chi connectivity index (χ0v) is 15.7. The quantitative estimate of drug-likeness (QED) is 0.575. The van der Waals surface area contributed by atoms with Crippen molar-refractivity contribution in [2.75, 3.05) is 12.4 Å². The molecule has 0 aliphatic rings.